The van der Waals surface area contributed by atoms with Crippen molar-refractivity contribution in [1.82, 2.24) is 24.8 Å². The molecule has 2 aromatic heterocycles. The van der Waals surface area contributed by atoms with Crippen LogP contribution in [-0.2, 0) is 14.3 Å². The summed E-state index contributed by atoms with van der Waals surface area (Å²) in [6.45, 7) is 9.26. The first-order valence-electron chi connectivity index (χ1n) is 14.4. The van der Waals surface area contributed by atoms with E-state index in [1.54, 1.807) is 20.8 Å². The van der Waals surface area contributed by atoms with Crippen LogP contribution in [0.25, 0.3) is 5.65 Å². The predicted octanol–water partition coefficient (Wildman–Crippen LogP) is 6.02. The molecule has 1 N–H and O–H groups in total. The third-order valence-corrected chi connectivity index (χ3v) is 7.44. The Labute approximate surface area is 255 Å². The number of likely N-dealkylation sites (tertiary alicyclic amines) is 1. The van der Waals surface area contributed by atoms with E-state index in [1.807, 2.05) is 0 Å². The molecule has 1 aliphatic carbocycles. The lowest BCUT2D eigenvalue weighted by Crippen LogP contribution is -2.48. The number of imidazole rings is 1. The molecule has 4 rings (SSSR count). The van der Waals surface area contributed by atoms with Crippen LogP contribution in [-0.4, -0.2) is 72.7 Å². The number of alkyl halides is 5. The minimum atomic E-state index is -5.01. The third kappa shape index (κ3) is 8.06. The second kappa shape index (κ2) is 11.8. The average Bonchev–Trinajstić information content (AvgIpc) is 3.45. The molecule has 0 radical (unpaired) electrons. The fourth-order valence-electron chi connectivity index (χ4n) is 5.42. The number of carbonyl (C=O) groups excluding carboxylic acids is 4. The minimum Gasteiger partial charge on any atom is -0.444 e. The van der Waals surface area contributed by atoms with E-state index in [2.05, 4.69) is 15.4 Å². The molecule has 0 aromatic carbocycles. The highest BCUT2D eigenvalue weighted by Crippen LogP contribution is 2.42. The number of carbonyl (C=O) groups is 4. The molecule has 0 bridgehead atoms. The molecule has 3 amide bonds. The summed E-state index contributed by atoms with van der Waals surface area (Å²) >= 11 is 0. The molecule has 3 atom stereocenters. The summed E-state index contributed by atoms with van der Waals surface area (Å²) in [6.07, 6.45) is -6.45. The zero-order valence-electron chi connectivity index (χ0n) is 25.7. The SMILES string of the molecule is CC(C)(C)OC(=O)N[C@H](c1cn2ncc(C(=O)C3C[C@@H](C(F)(F)F)N(C(=O)OC(C)(C)C)C3=O)cc2n1)C1CCC(F)(F)CC1. The quantitative estimate of drug-likeness (QED) is 0.237. The van der Waals surface area contributed by atoms with Gasteiger partial charge in [-0.25, -0.2) is 32.8 Å². The van der Waals surface area contributed by atoms with Crippen molar-refractivity contribution in [3.05, 3.63) is 29.7 Å². The Hall–Kier alpha value is -3.85. The second-order valence-electron chi connectivity index (χ2n) is 13.4. The molecule has 11 nitrogen and oxygen atoms in total. The second-order valence-corrected chi connectivity index (χ2v) is 13.4. The predicted molar refractivity (Wildman–Crippen MR) is 147 cm³/mol. The van der Waals surface area contributed by atoms with Gasteiger partial charge in [-0.2, -0.15) is 18.3 Å². The first-order valence-corrected chi connectivity index (χ1v) is 14.4. The minimum absolute atomic E-state index is 0.0507. The zero-order valence-corrected chi connectivity index (χ0v) is 25.7. The van der Waals surface area contributed by atoms with Crippen molar-refractivity contribution >= 4 is 29.5 Å². The van der Waals surface area contributed by atoms with E-state index in [9.17, 15) is 41.1 Å². The number of rotatable bonds is 5. The van der Waals surface area contributed by atoms with Gasteiger partial charge >= 0.3 is 18.4 Å². The molecule has 0 spiro atoms. The molecule has 45 heavy (non-hydrogen) atoms. The summed E-state index contributed by atoms with van der Waals surface area (Å²) in [5, 5.41) is 6.82. The number of amides is 3. The number of hydrogen-bond donors (Lipinski definition) is 1. The van der Waals surface area contributed by atoms with Gasteiger partial charge in [-0.05, 0) is 72.8 Å². The zero-order chi connectivity index (χ0) is 33.7. The van der Waals surface area contributed by atoms with Gasteiger partial charge < -0.3 is 14.8 Å². The van der Waals surface area contributed by atoms with E-state index in [1.165, 1.54) is 37.5 Å². The monoisotopic (exact) mass is 645 g/mol. The number of imide groups is 1. The summed E-state index contributed by atoms with van der Waals surface area (Å²) in [7, 11) is 0. The third-order valence-electron chi connectivity index (χ3n) is 7.44. The maximum Gasteiger partial charge on any atom is 0.417 e. The van der Waals surface area contributed by atoms with Crippen LogP contribution >= 0.6 is 0 Å². The summed E-state index contributed by atoms with van der Waals surface area (Å²) in [5.41, 5.74) is -1.99. The lowest BCUT2D eigenvalue weighted by atomic mass is 9.81. The number of aromatic nitrogens is 3. The molecule has 2 aromatic rings. The molecule has 2 aliphatic rings. The summed E-state index contributed by atoms with van der Waals surface area (Å²) < 4.78 is 81.0. The van der Waals surface area contributed by atoms with Gasteiger partial charge in [0.25, 0.3) is 0 Å². The highest BCUT2D eigenvalue weighted by atomic mass is 19.4. The number of hydrogen-bond acceptors (Lipinski definition) is 8. The van der Waals surface area contributed by atoms with Crippen LogP contribution in [0.5, 0.6) is 0 Å². The van der Waals surface area contributed by atoms with Crippen LogP contribution in [0.3, 0.4) is 0 Å². The van der Waals surface area contributed by atoms with E-state index < -0.39 is 77.5 Å². The Morgan fingerprint density at radius 2 is 1.62 bits per heavy atom. The number of halogens is 5. The molecule has 1 saturated carbocycles. The Morgan fingerprint density at radius 3 is 2.18 bits per heavy atom. The van der Waals surface area contributed by atoms with Crippen molar-refractivity contribution < 1.29 is 50.6 Å². The van der Waals surface area contributed by atoms with Crippen molar-refractivity contribution in [3.8, 4) is 0 Å². The summed E-state index contributed by atoms with van der Waals surface area (Å²) in [5.74, 6) is -7.45. The van der Waals surface area contributed by atoms with Crippen LogP contribution < -0.4 is 5.32 Å². The van der Waals surface area contributed by atoms with Gasteiger partial charge in [0, 0.05) is 18.4 Å². The topological polar surface area (TPSA) is 132 Å². The van der Waals surface area contributed by atoms with Gasteiger partial charge in [0.05, 0.1) is 24.1 Å². The summed E-state index contributed by atoms with van der Waals surface area (Å²) in [4.78, 5) is 56.0. The maximum absolute atomic E-state index is 13.9. The number of fused-ring (bicyclic) bond motifs is 1. The van der Waals surface area contributed by atoms with Gasteiger partial charge in [-0.1, -0.05) is 0 Å². The number of ether oxygens (including phenoxy) is 2. The van der Waals surface area contributed by atoms with Crippen LogP contribution in [0.2, 0.25) is 0 Å². The molecular weight excluding hydrogens is 609 g/mol. The standard InChI is InChI=1S/C29H36F5N5O6/c1-26(2,3)44-24(42)37-21(15-7-9-28(30,31)10-8-15)18-14-38-20(36-18)11-16(13-35-38)22(40)17-12-19(29(32,33)34)39(23(17)41)25(43)45-27(4,5)6/h11,13-15,17,19,21H,7-10,12H2,1-6H3,(H,37,42)/t17?,19-,21-/m0/s1. The maximum atomic E-state index is 13.9. The number of nitrogens with one attached hydrogen (secondary N) is 1. The van der Waals surface area contributed by atoms with Crippen molar-refractivity contribution in [3.63, 3.8) is 0 Å². The van der Waals surface area contributed by atoms with E-state index in [0.29, 0.717) is 0 Å². The fraction of sp³-hybridized carbons (Fsp3) is 0.655. The first-order chi connectivity index (χ1) is 20.5. The van der Waals surface area contributed by atoms with Crippen molar-refractivity contribution in [1.29, 1.82) is 0 Å². The number of alkyl carbamates (subject to hydrolysis) is 1. The Kier molecular flexibility index (Phi) is 8.94. The van der Waals surface area contributed by atoms with E-state index in [0.717, 1.165) is 6.20 Å². The number of ketones is 1. The van der Waals surface area contributed by atoms with Crippen LogP contribution in [0, 0.1) is 11.8 Å². The highest BCUT2D eigenvalue weighted by molar-refractivity contribution is 6.14. The molecule has 248 valence electrons. The van der Waals surface area contributed by atoms with Gasteiger partial charge in [-0.15, -0.1) is 0 Å². The van der Waals surface area contributed by atoms with E-state index in [-0.39, 0.29) is 47.5 Å². The lowest BCUT2D eigenvalue weighted by molar-refractivity contribution is -0.177. The summed E-state index contributed by atoms with van der Waals surface area (Å²) in [6, 6.07) is -2.21. The Morgan fingerprint density at radius 1 is 1.02 bits per heavy atom. The van der Waals surface area contributed by atoms with E-state index >= 15 is 0 Å². The largest absolute Gasteiger partial charge is 0.444 e. The molecule has 2 fully saturated rings. The van der Waals surface area contributed by atoms with Crippen molar-refractivity contribution in [2.45, 2.75) is 109 Å². The lowest BCUT2D eigenvalue weighted by Gasteiger charge is -2.33. The van der Waals surface area contributed by atoms with Crippen molar-refractivity contribution in [2.24, 2.45) is 11.8 Å². The van der Waals surface area contributed by atoms with E-state index in [4.69, 9.17) is 9.47 Å². The van der Waals surface area contributed by atoms with Crippen LogP contribution in [0.1, 0.15) is 95.7 Å². The highest BCUT2D eigenvalue weighted by Gasteiger charge is 2.58. The van der Waals surface area contributed by atoms with Gasteiger partial charge in [0.2, 0.25) is 11.8 Å². The van der Waals surface area contributed by atoms with Crippen LogP contribution in [0.4, 0.5) is 31.5 Å². The van der Waals surface area contributed by atoms with Gasteiger partial charge in [-0.3, -0.25) is 9.59 Å². The average molecular weight is 646 g/mol. The fourth-order valence-corrected chi connectivity index (χ4v) is 5.42. The first kappa shape index (κ1) is 34.0. The Balaban J connectivity index is 1.62. The molecule has 16 heteroatoms. The smallest absolute Gasteiger partial charge is 0.417 e. The number of nitrogens with zero attached hydrogens (tertiary/aromatic N) is 4. The van der Waals surface area contributed by atoms with Gasteiger partial charge in [0.15, 0.2) is 11.4 Å². The van der Waals surface area contributed by atoms with Gasteiger partial charge in [0.1, 0.15) is 23.2 Å². The Bertz CT molecular complexity index is 1470. The molecule has 1 aliphatic heterocycles. The molecule has 3 heterocycles. The molecular formula is C29H36F5N5O6. The van der Waals surface area contributed by atoms with Crippen LogP contribution in [0.15, 0.2) is 18.5 Å². The number of Topliss-reactive ketones (excluding diaryl/α,β-unsaturated/α-hetero) is 1. The molecule has 1 saturated heterocycles. The van der Waals surface area contributed by atoms with Crippen molar-refractivity contribution in [2.75, 3.05) is 0 Å². The molecule has 1 unspecified atom stereocenters. The normalized spacial score (nSPS) is 21.9.